The molecule has 0 aromatic heterocycles. The van der Waals surface area contributed by atoms with Crippen LogP contribution in [0, 0.1) is 5.92 Å². The van der Waals surface area contributed by atoms with Crippen molar-refractivity contribution >= 4 is 11.6 Å². The molecular weight excluding hydrogens is 284 g/mol. The molecule has 1 aromatic carbocycles. The number of hydrogen-bond acceptors (Lipinski definition) is 2. The fourth-order valence-electron chi connectivity index (χ4n) is 3.20. The van der Waals surface area contributed by atoms with Crippen molar-refractivity contribution in [2.75, 3.05) is 45.2 Å². The molecule has 1 atom stereocenters. The second kappa shape index (κ2) is 9.43. The Balaban J connectivity index is 1.64. The van der Waals surface area contributed by atoms with Crippen molar-refractivity contribution in [3.63, 3.8) is 0 Å². The lowest BCUT2D eigenvalue weighted by Crippen LogP contribution is -2.46. The van der Waals surface area contributed by atoms with E-state index in [-0.39, 0.29) is 0 Å². The first kappa shape index (κ1) is 17.6. The Labute approximate surface area is 141 Å². The normalized spacial score (nSPS) is 18.8. The van der Waals surface area contributed by atoms with E-state index in [1.54, 1.807) is 0 Å². The van der Waals surface area contributed by atoms with Crippen molar-refractivity contribution in [3.8, 4) is 0 Å². The molecule has 1 aliphatic rings. The van der Waals surface area contributed by atoms with E-state index in [0.717, 1.165) is 38.1 Å². The summed E-state index contributed by atoms with van der Waals surface area (Å²) in [6, 6.07) is 10.6. The van der Waals surface area contributed by atoms with Crippen molar-refractivity contribution in [2.24, 2.45) is 10.9 Å². The van der Waals surface area contributed by atoms with Crippen molar-refractivity contribution < 1.29 is 0 Å². The molecule has 23 heavy (non-hydrogen) atoms. The largest absolute Gasteiger partial charge is 0.375 e. The van der Waals surface area contributed by atoms with Crippen LogP contribution in [-0.4, -0.2) is 51.1 Å². The minimum atomic E-state index is 0.779. The fourth-order valence-corrected chi connectivity index (χ4v) is 3.20. The maximum Gasteiger partial charge on any atom is 0.193 e. The van der Waals surface area contributed by atoms with Gasteiger partial charge in [0.15, 0.2) is 5.96 Å². The number of nitrogens with zero attached hydrogens (tertiary/aromatic N) is 3. The zero-order chi connectivity index (χ0) is 16.5. The van der Waals surface area contributed by atoms with Crippen LogP contribution in [0.5, 0.6) is 0 Å². The lowest BCUT2D eigenvalue weighted by molar-refractivity contribution is 0.266. The highest BCUT2D eigenvalue weighted by molar-refractivity contribution is 5.79. The molecule has 0 spiro atoms. The number of nitrogens with one attached hydrogen (secondary N) is 1. The summed E-state index contributed by atoms with van der Waals surface area (Å²) in [6.45, 7) is 6.70. The molecule has 1 fully saturated rings. The Hall–Kier alpha value is -1.71. The van der Waals surface area contributed by atoms with Crippen LogP contribution in [0.3, 0.4) is 0 Å². The van der Waals surface area contributed by atoms with Crippen LogP contribution in [0.15, 0.2) is 35.3 Å². The van der Waals surface area contributed by atoms with E-state index >= 15 is 0 Å². The van der Waals surface area contributed by atoms with E-state index < -0.39 is 0 Å². The van der Waals surface area contributed by atoms with Crippen LogP contribution in [0.25, 0.3) is 0 Å². The Morgan fingerprint density at radius 1 is 1.30 bits per heavy atom. The molecule has 128 valence electrons. The number of unbranched alkanes of at least 4 members (excludes halogenated alkanes) is 1. The first-order valence-corrected chi connectivity index (χ1v) is 8.92. The highest BCUT2D eigenvalue weighted by Gasteiger charge is 2.18. The molecular formula is C19H32N4. The molecule has 2 rings (SSSR count). The quantitative estimate of drug-likeness (QED) is 0.497. The van der Waals surface area contributed by atoms with Crippen LogP contribution in [-0.2, 0) is 0 Å². The van der Waals surface area contributed by atoms with Crippen LogP contribution >= 0.6 is 0 Å². The topological polar surface area (TPSA) is 30.9 Å². The van der Waals surface area contributed by atoms with Gasteiger partial charge in [-0.2, -0.15) is 0 Å². The number of benzene rings is 1. The van der Waals surface area contributed by atoms with E-state index in [0.29, 0.717) is 0 Å². The minimum Gasteiger partial charge on any atom is -0.375 e. The van der Waals surface area contributed by atoms with Crippen LogP contribution < -0.4 is 10.2 Å². The lowest BCUT2D eigenvalue weighted by Gasteiger charge is -2.33. The molecule has 0 amide bonds. The van der Waals surface area contributed by atoms with Crippen LogP contribution in [0.1, 0.15) is 32.6 Å². The van der Waals surface area contributed by atoms with E-state index in [4.69, 9.17) is 0 Å². The number of aliphatic imine (C=N–C) groups is 1. The molecule has 1 N–H and O–H groups in total. The van der Waals surface area contributed by atoms with Gasteiger partial charge in [0, 0.05) is 46.0 Å². The summed E-state index contributed by atoms with van der Waals surface area (Å²) in [4.78, 5) is 9.18. The Morgan fingerprint density at radius 2 is 2.09 bits per heavy atom. The maximum atomic E-state index is 4.45. The summed E-state index contributed by atoms with van der Waals surface area (Å²) in [5.74, 6) is 1.86. The number of piperidine rings is 1. The summed E-state index contributed by atoms with van der Waals surface area (Å²) in [7, 11) is 4.06. The average Bonchev–Trinajstić information content (AvgIpc) is 2.58. The number of rotatable bonds is 6. The maximum absolute atomic E-state index is 4.45. The zero-order valence-electron chi connectivity index (χ0n) is 15.0. The lowest BCUT2D eigenvalue weighted by atomic mass is 10.0. The molecule has 1 unspecified atom stereocenters. The summed E-state index contributed by atoms with van der Waals surface area (Å²) in [5, 5.41) is 3.53. The van der Waals surface area contributed by atoms with Gasteiger partial charge in [0.1, 0.15) is 0 Å². The summed E-state index contributed by atoms with van der Waals surface area (Å²) in [6.07, 6.45) is 4.98. The number of likely N-dealkylation sites (tertiary alicyclic amines) is 1. The summed E-state index contributed by atoms with van der Waals surface area (Å²) < 4.78 is 0. The van der Waals surface area contributed by atoms with Gasteiger partial charge in [0.2, 0.25) is 0 Å². The van der Waals surface area contributed by atoms with Gasteiger partial charge in [0.05, 0.1) is 0 Å². The molecule has 0 bridgehead atoms. The predicted octanol–water partition coefficient (Wildman–Crippen LogP) is 3.21. The Bertz CT molecular complexity index is 472. The van der Waals surface area contributed by atoms with Gasteiger partial charge in [-0.15, -0.1) is 0 Å². The first-order valence-electron chi connectivity index (χ1n) is 8.92. The van der Waals surface area contributed by atoms with Crippen LogP contribution in [0.2, 0.25) is 0 Å². The second-order valence-electron chi connectivity index (χ2n) is 6.63. The number of anilines is 1. The molecule has 4 heteroatoms. The molecule has 0 aliphatic carbocycles. The minimum absolute atomic E-state index is 0.779. The standard InChI is InChI=1S/C19H32N4/c1-17-10-9-15-23(16-17)19(20-2)21-13-7-8-14-22(3)18-11-5-4-6-12-18/h4-6,11-12,17H,7-10,13-16H2,1-3H3,(H,20,21). The monoisotopic (exact) mass is 316 g/mol. The predicted molar refractivity (Wildman–Crippen MR) is 100 cm³/mol. The van der Waals surface area contributed by atoms with Gasteiger partial charge in [0.25, 0.3) is 0 Å². The Morgan fingerprint density at radius 3 is 2.78 bits per heavy atom. The SMILES string of the molecule is CN=C(NCCCCN(C)c1ccccc1)N1CCCC(C)C1. The van der Waals surface area contributed by atoms with E-state index in [1.807, 2.05) is 7.05 Å². The highest BCUT2D eigenvalue weighted by atomic mass is 15.3. The van der Waals surface area contributed by atoms with Gasteiger partial charge >= 0.3 is 0 Å². The van der Waals surface area contributed by atoms with Gasteiger partial charge in [-0.05, 0) is 43.7 Å². The summed E-state index contributed by atoms with van der Waals surface area (Å²) in [5.41, 5.74) is 1.29. The number of para-hydroxylation sites is 1. The van der Waals surface area contributed by atoms with Crippen molar-refractivity contribution in [1.82, 2.24) is 10.2 Å². The van der Waals surface area contributed by atoms with Crippen molar-refractivity contribution in [3.05, 3.63) is 30.3 Å². The third-order valence-electron chi connectivity index (χ3n) is 4.57. The molecule has 1 aliphatic heterocycles. The number of hydrogen-bond donors (Lipinski definition) is 1. The smallest absolute Gasteiger partial charge is 0.193 e. The third-order valence-corrected chi connectivity index (χ3v) is 4.57. The second-order valence-corrected chi connectivity index (χ2v) is 6.63. The molecule has 1 heterocycles. The van der Waals surface area contributed by atoms with Gasteiger partial charge in [-0.3, -0.25) is 4.99 Å². The molecule has 0 saturated carbocycles. The van der Waals surface area contributed by atoms with Crippen molar-refractivity contribution in [1.29, 1.82) is 0 Å². The fraction of sp³-hybridized carbons (Fsp3) is 0.632. The van der Waals surface area contributed by atoms with Crippen molar-refractivity contribution in [2.45, 2.75) is 32.6 Å². The zero-order valence-corrected chi connectivity index (χ0v) is 15.0. The van der Waals surface area contributed by atoms with Gasteiger partial charge in [-0.25, -0.2) is 0 Å². The highest BCUT2D eigenvalue weighted by Crippen LogP contribution is 2.15. The van der Waals surface area contributed by atoms with Gasteiger partial charge in [-0.1, -0.05) is 25.1 Å². The summed E-state index contributed by atoms with van der Waals surface area (Å²) >= 11 is 0. The van der Waals surface area contributed by atoms with E-state index in [9.17, 15) is 0 Å². The van der Waals surface area contributed by atoms with E-state index in [1.165, 1.54) is 31.4 Å². The Kier molecular flexibility index (Phi) is 7.24. The molecule has 0 radical (unpaired) electrons. The third kappa shape index (κ3) is 5.77. The van der Waals surface area contributed by atoms with E-state index in [2.05, 4.69) is 64.4 Å². The van der Waals surface area contributed by atoms with Crippen LogP contribution in [0.4, 0.5) is 5.69 Å². The molecule has 1 aromatic rings. The number of guanidine groups is 1. The first-order chi connectivity index (χ1) is 11.2. The van der Waals surface area contributed by atoms with Gasteiger partial charge < -0.3 is 15.1 Å². The molecule has 1 saturated heterocycles. The molecule has 4 nitrogen and oxygen atoms in total. The average molecular weight is 316 g/mol.